The number of benzene rings is 2. The van der Waals surface area contributed by atoms with Crippen LogP contribution >= 0.6 is 0 Å². The van der Waals surface area contributed by atoms with Gasteiger partial charge in [-0.1, -0.05) is 42.5 Å². The molecule has 0 spiro atoms. The van der Waals surface area contributed by atoms with Crippen LogP contribution in [0.5, 0.6) is 0 Å². The minimum Gasteiger partial charge on any atom is -0.476 e. The van der Waals surface area contributed by atoms with E-state index in [1.165, 1.54) is 10.6 Å². The lowest BCUT2D eigenvalue weighted by Gasteiger charge is -2.09. The fraction of sp³-hybridized carbons (Fsp3) is 0.0909. The molecule has 2 heterocycles. The number of fused-ring (bicyclic) bond motifs is 5. The average Bonchev–Trinajstić information content (AvgIpc) is 3.35. The van der Waals surface area contributed by atoms with Gasteiger partial charge in [-0.2, -0.15) is 0 Å². The Bertz CT molecular complexity index is 1390. The van der Waals surface area contributed by atoms with Gasteiger partial charge in [0.15, 0.2) is 5.69 Å². The molecule has 0 bridgehead atoms. The largest absolute Gasteiger partial charge is 0.476 e. The van der Waals surface area contributed by atoms with Gasteiger partial charge >= 0.3 is 5.97 Å². The number of carboxylic acids is 1. The number of hydrogen-bond donors (Lipinski definition) is 3. The standard InChI is InChI=1S/C22H16N4O4/c27-20(23-10-12-5-2-1-3-6-12)14-8-4-7-13-15(14)9-17-18(13)25-21(28)19-24-16(22(29)30)11-26(17)19/h1-8,11H,9-10H2,(H,23,27)(H,25,28)(H,29,30). The first-order chi connectivity index (χ1) is 14.5. The number of amides is 1. The molecule has 0 aliphatic heterocycles. The molecule has 0 fully saturated rings. The minimum atomic E-state index is -1.21. The summed E-state index contributed by atoms with van der Waals surface area (Å²) in [5.74, 6) is -1.41. The molecule has 3 N–H and O–H groups in total. The third-order valence-electron chi connectivity index (χ3n) is 5.28. The molecule has 4 aromatic rings. The third kappa shape index (κ3) is 2.77. The average molecular weight is 400 g/mol. The molecule has 1 aliphatic carbocycles. The summed E-state index contributed by atoms with van der Waals surface area (Å²) < 4.78 is 1.50. The number of imidazole rings is 1. The number of hydrogen-bond acceptors (Lipinski definition) is 4. The zero-order chi connectivity index (χ0) is 20.8. The number of aromatic nitrogens is 3. The second-order valence-electron chi connectivity index (χ2n) is 7.08. The molecule has 0 unspecified atom stereocenters. The zero-order valence-electron chi connectivity index (χ0n) is 15.7. The first-order valence-corrected chi connectivity index (χ1v) is 9.35. The molecule has 0 atom stereocenters. The lowest BCUT2D eigenvalue weighted by Crippen LogP contribution is -2.24. The number of nitrogens with one attached hydrogen (secondary N) is 2. The maximum absolute atomic E-state index is 12.9. The van der Waals surface area contributed by atoms with E-state index in [2.05, 4.69) is 15.3 Å². The van der Waals surface area contributed by atoms with Crippen LogP contribution in [0.4, 0.5) is 0 Å². The molecular weight excluding hydrogens is 384 g/mol. The van der Waals surface area contributed by atoms with E-state index in [0.29, 0.717) is 29.9 Å². The van der Waals surface area contributed by atoms with E-state index in [1.807, 2.05) is 36.4 Å². The summed E-state index contributed by atoms with van der Waals surface area (Å²) in [4.78, 5) is 43.3. The van der Waals surface area contributed by atoms with E-state index >= 15 is 0 Å². The molecule has 1 aliphatic rings. The Kier molecular flexibility index (Phi) is 3.99. The Morgan fingerprint density at radius 3 is 2.70 bits per heavy atom. The van der Waals surface area contributed by atoms with Gasteiger partial charge in [0.1, 0.15) is 0 Å². The van der Waals surface area contributed by atoms with Crippen molar-refractivity contribution >= 4 is 17.5 Å². The van der Waals surface area contributed by atoms with Gasteiger partial charge in [-0.3, -0.25) is 14.0 Å². The lowest BCUT2D eigenvalue weighted by atomic mass is 10.0. The van der Waals surface area contributed by atoms with Crippen molar-refractivity contribution in [3.8, 4) is 11.3 Å². The van der Waals surface area contributed by atoms with E-state index < -0.39 is 11.5 Å². The number of rotatable bonds is 4. The zero-order valence-corrected chi connectivity index (χ0v) is 15.7. The summed E-state index contributed by atoms with van der Waals surface area (Å²) in [5.41, 5.74) is 3.67. The third-order valence-corrected chi connectivity index (χ3v) is 5.28. The number of carbonyl (C=O) groups excluding carboxylic acids is 1. The van der Waals surface area contributed by atoms with Crippen LogP contribution < -0.4 is 10.9 Å². The maximum Gasteiger partial charge on any atom is 0.356 e. The molecule has 8 heteroatoms. The van der Waals surface area contributed by atoms with Crippen LogP contribution in [-0.2, 0) is 13.0 Å². The van der Waals surface area contributed by atoms with E-state index in [4.69, 9.17) is 0 Å². The second kappa shape index (κ2) is 6.70. The Morgan fingerprint density at radius 1 is 1.13 bits per heavy atom. The van der Waals surface area contributed by atoms with Crippen molar-refractivity contribution in [3.63, 3.8) is 0 Å². The normalized spacial score (nSPS) is 11.9. The van der Waals surface area contributed by atoms with Crippen molar-refractivity contribution < 1.29 is 14.7 Å². The molecule has 8 nitrogen and oxygen atoms in total. The molecule has 5 rings (SSSR count). The lowest BCUT2D eigenvalue weighted by molar-refractivity contribution is 0.0691. The van der Waals surface area contributed by atoms with Crippen molar-refractivity contribution in [1.82, 2.24) is 19.7 Å². The quantitative estimate of drug-likeness (QED) is 0.428. The molecule has 0 saturated heterocycles. The maximum atomic E-state index is 12.9. The molecule has 0 saturated carbocycles. The van der Waals surface area contributed by atoms with Crippen molar-refractivity contribution in [2.24, 2.45) is 0 Å². The summed E-state index contributed by atoms with van der Waals surface area (Å²) in [7, 11) is 0. The van der Waals surface area contributed by atoms with Crippen LogP contribution in [0.1, 0.15) is 37.7 Å². The van der Waals surface area contributed by atoms with Crippen LogP contribution in [0.15, 0.2) is 59.5 Å². The highest BCUT2D eigenvalue weighted by Crippen LogP contribution is 2.36. The van der Waals surface area contributed by atoms with E-state index in [9.17, 15) is 19.5 Å². The summed E-state index contributed by atoms with van der Waals surface area (Å²) in [6.45, 7) is 0.404. The first kappa shape index (κ1) is 17.9. The SMILES string of the molecule is O=C(O)c1cn2c3c([nH]c(=O)c2n1)-c1cccc(C(=O)NCc2ccccc2)c1C3. The van der Waals surface area contributed by atoms with Crippen molar-refractivity contribution in [3.05, 3.63) is 93.2 Å². The van der Waals surface area contributed by atoms with Crippen LogP contribution in [0.2, 0.25) is 0 Å². The summed E-state index contributed by atoms with van der Waals surface area (Å²) in [6, 6.07) is 15.0. The predicted octanol–water partition coefficient (Wildman–Crippen LogP) is 2.22. The van der Waals surface area contributed by atoms with Crippen molar-refractivity contribution in [1.29, 1.82) is 0 Å². The molecule has 2 aromatic carbocycles. The number of carbonyl (C=O) groups is 2. The highest BCUT2D eigenvalue weighted by Gasteiger charge is 2.28. The highest BCUT2D eigenvalue weighted by atomic mass is 16.4. The molecule has 30 heavy (non-hydrogen) atoms. The molecule has 0 radical (unpaired) electrons. The van der Waals surface area contributed by atoms with Gasteiger partial charge < -0.3 is 15.4 Å². The van der Waals surface area contributed by atoms with Gasteiger partial charge in [0.25, 0.3) is 11.5 Å². The molecular formula is C22H16N4O4. The van der Waals surface area contributed by atoms with Gasteiger partial charge in [-0.15, -0.1) is 0 Å². The van der Waals surface area contributed by atoms with E-state index in [0.717, 1.165) is 16.7 Å². The summed E-state index contributed by atoms with van der Waals surface area (Å²) in [6.07, 6.45) is 1.72. The predicted molar refractivity (Wildman–Crippen MR) is 109 cm³/mol. The molecule has 148 valence electrons. The smallest absolute Gasteiger partial charge is 0.356 e. The van der Waals surface area contributed by atoms with E-state index in [-0.39, 0.29) is 17.2 Å². The Balaban J connectivity index is 1.54. The monoisotopic (exact) mass is 400 g/mol. The Labute approximate surface area is 169 Å². The fourth-order valence-electron chi connectivity index (χ4n) is 3.87. The van der Waals surface area contributed by atoms with Gasteiger partial charge in [-0.25, -0.2) is 9.78 Å². The Hall–Kier alpha value is -4.20. The minimum absolute atomic E-state index is 0.0223. The molecule has 2 aromatic heterocycles. The van der Waals surface area contributed by atoms with Gasteiger partial charge in [0, 0.05) is 30.3 Å². The topological polar surface area (TPSA) is 117 Å². The fourth-order valence-corrected chi connectivity index (χ4v) is 3.87. The van der Waals surface area contributed by atoms with Gasteiger partial charge in [0.2, 0.25) is 5.65 Å². The van der Waals surface area contributed by atoms with Gasteiger partial charge in [0.05, 0.1) is 11.4 Å². The summed E-state index contributed by atoms with van der Waals surface area (Å²) >= 11 is 0. The molecule has 1 amide bonds. The highest BCUT2D eigenvalue weighted by molar-refractivity contribution is 5.98. The second-order valence-corrected chi connectivity index (χ2v) is 7.08. The van der Waals surface area contributed by atoms with E-state index in [1.54, 1.807) is 12.1 Å². The van der Waals surface area contributed by atoms with Gasteiger partial charge in [-0.05, 0) is 17.2 Å². The number of aromatic carboxylic acids is 1. The Morgan fingerprint density at radius 2 is 1.93 bits per heavy atom. The number of carboxylic acid groups (broad SMARTS) is 1. The first-order valence-electron chi connectivity index (χ1n) is 9.35. The summed E-state index contributed by atoms with van der Waals surface area (Å²) in [5, 5.41) is 12.2. The number of H-pyrrole nitrogens is 1. The van der Waals surface area contributed by atoms with Crippen LogP contribution in [0, 0.1) is 0 Å². The van der Waals surface area contributed by atoms with Crippen LogP contribution in [-0.4, -0.2) is 31.4 Å². The van der Waals surface area contributed by atoms with Crippen LogP contribution in [0.25, 0.3) is 16.9 Å². The number of aromatic amines is 1. The van der Waals surface area contributed by atoms with Crippen molar-refractivity contribution in [2.75, 3.05) is 0 Å². The van der Waals surface area contributed by atoms with Crippen LogP contribution in [0.3, 0.4) is 0 Å². The number of nitrogens with zero attached hydrogens (tertiary/aromatic N) is 2. The van der Waals surface area contributed by atoms with Crippen molar-refractivity contribution in [2.45, 2.75) is 13.0 Å².